The van der Waals surface area contributed by atoms with Gasteiger partial charge in [0.2, 0.25) is 5.91 Å². The molecule has 138 valence electrons. The standard InChI is InChI=1S/C21H22N4O2/c26-20(9-8-16-5-4-10-22-14-16)24-11-12-25-18(15-24)13-19(23-25)21(27)17-6-2-1-3-7-17/h1-7,10,13-14,21,27H,8-9,11-12,15H2. The number of hydrogen-bond acceptors (Lipinski definition) is 4. The summed E-state index contributed by atoms with van der Waals surface area (Å²) in [6.45, 7) is 1.82. The highest BCUT2D eigenvalue weighted by Crippen LogP contribution is 2.23. The van der Waals surface area contributed by atoms with Gasteiger partial charge in [-0.15, -0.1) is 0 Å². The molecule has 1 unspecified atom stereocenters. The molecule has 2 aromatic heterocycles. The summed E-state index contributed by atoms with van der Waals surface area (Å²) < 4.78 is 1.90. The van der Waals surface area contributed by atoms with E-state index in [2.05, 4.69) is 10.1 Å². The van der Waals surface area contributed by atoms with E-state index >= 15 is 0 Å². The number of rotatable bonds is 5. The first-order chi connectivity index (χ1) is 13.2. The summed E-state index contributed by atoms with van der Waals surface area (Å²) in [7, 11) is 0. The number of carbonyl (C=O) groups excluding carboxylic acids is 1. The van der Waals surface area contributed by atoms with Gasteiger partial charge in [-0.25, -0.2) is 0 Å². The van der Waals surface area contributed by atoms with Crippen LogP contribution in [0.3, 0.4) is 0 Å². The number of fused-ring (bicyclic) bond motifs is 1. The predicted octanol–water partition coefficient (Wildman–Crippen LogP) is 2.33. The number of aliphatic hydroxyl groups excluding tert-OH is 1. The Balaban J connectivity index is 1.41. The lowest BCUT2D eigenvalue weighted by Gasteiger charge is -2.27. The van der Waals surface area contributed by atoms with Crippen LogP contribution in [-0.2, 0) is 24.3 Å². The third kappa shape index (κ3) is 3.90. The van der Waals surface area contributed by atoms with Gasteiger partial charge >= 0.3 is 0 Å². The molecule has 1 amide bonds. The lowest BCUT2D eigenvalue weighted by Crippen LogP contribution is -2.38. The highest BCUT2D eigenvalue weighted by molar-refractivity contribution is 5.76. The molecule has 1 atom stereocenters. The van der Waals surface area contributed by atoms with Crippen molar-refractivity contribution in [1.29, 1.82) is 0 Å². The molecule has 1 aliphatic rings. The number of aromatic nitrogens is 3. The van der Waals surface area contributed by atoms with Crippen molar-refractivity contribution < 1.29 is 9.90 Å². The van der Waals surface area contributed by atoms with Gasteiger partial charge in [-0.1, -0.05) is 36.4 Å². The summed E-state index contributed by atoms with van der Waals surface area (Å²) in [5, 5.41) is 15.1. The third-order valence-corrected chi connectivity index (χ3v) is 4.92. The van der Waals surface area contributed by atoms with Crippen molar-refractivity contribution in [2.75, 3.05) is 6.54 Å². The minimum absolute atomic E-state index is 0.136. The van der Waals surface area contributed by atoms with E-state index in [0.717, 1.165) is 16.8 Å². The van der Waals surface area contributed by atoms with E-state index in [1.54, 1.807) is 12.4 Å². The van der Waals surface area contributed by atoms with Crippen LogP contribution in [-0.4, -0.2) is 37.2 Å². The molecule has 0 saturated heterocycles. The number of benzene rings is 1. The van der Waals surface area contributed by atoms with Crippen LogP contribution in [0, 0.1) is 0 Å². The normalized spacial score (nSPS) is 14.6. The molecule has 0 aliphatic carbocycles. The second kappa shape index (κ2) is 7.72. The monoisotopic (exact) mass is 362 g/mol. The maximum Gasteiger partial charge on any atom is 0.223 e. The van der Waals surface area contributed by atoms with E-state index in [-0.39, 0.29) is 5.91 Å². The van der Waals surface area contributed by atoms with Crippen molar-refractivity contribution >= 4 is 5.91 Å². The number of aryl methyl sites for hydroxylation is 1. The molecule has 1 aliphatic heterocycles. The number of carbonyl (C=O) groups is 1. The molecule has 3 heterocycles. The topological polar surface area (TPSA) is 71.2 Å². The molecule has 27 heavy (non-hydrogen) atoms. The van der Waals surface area contributed by atoms with E-state index < -0.39 is 6.10 Å². The number of amides is 1. The van der Waals surface area contributed by atoms with Gasteiger partial charge in [-0.2, -0.15) is 5.10 Å². The summed E-state index contributed by atoms with van der Waals surface area (Å²) in [5.74, 6) is 0.136. The molecule has 0 fully saturated rings. The summed E-state index contributed by atoms with van der Waals surface area (Å²) in [4.78, 5) is 18.5. The van der Waals surface area contributed by atoms with Crippen LogP contribution >= 0.6 is 0 Å². The zero-order valence-corrected chi connectivity index (χ0v) is 15.0. The molecule has 0 radical (unpaired) electrons. The second-order valence-electron chi connectivity index (χ2n) is 6.77. The molecule has 1 aromatic carbocycles. The van der Waals surface area contributed by atoms with Gasteiger partial charge < -0.3 is 10.0 Å². The molecular formula is C21H22N4O2. The molecular weight excluding hydrogens is 340 g/mol. The highest BCUT2D eigenvalue weighted by Gasteiger charge is 2.24. The molecule has 1 N–H and O–H groups in total. The van der Waals surface area contributed by atoms with Crippen LogP contribution in [0.5, 0.6) is 0 Å². The molecule has 3 aromatic rings. The maximum absolute atomic E-state index is 12.6. The molecule has 0 bridgehead atoms. The van der Waals surface area contributed by atoms with Crippen molar-refractivity contribution in [2.24, 2.45) is 0 Å². The van der Waals surface area contributed by atoms with Gasteiger partial charge in [-0.3, -0.25) is 14.5 Å². The summed E-state index contributed by atoms with van der Waals surface area (Å²) in [6, 6.07) is 15.3. The zero-order valence-electron chi connectivity index (χ0n) is 15.0. The van der Waals surface area contributed by atoms with Crippen molar-refractivity contribution in [3.05, 3.63) is 83.4 Å². The van der Waals surface area contributed by atoms with Crippen molar-refractivity contribution in [3.8, 4) is 0 Å². The van der Waals surface area contributed by atoms with Gasteiger partial charge in [-0.05, 0) is 29.7 Å². The van der Waals surface area contributed by atoms with E-state index in [4.69, 9.17) is 0 Å². The quantitative estimate of drug-likeness (QED) is 0.756. The number of nitrogens with zero attached hydrogens (tertiary/aromatic N) is 4. The molecule has 4 rings (SSSR count). The summed E-state index contributed by atoms with van der Waals surface area (Å²) in [5.41, 5.74) is 3.47. The minimum Gasteiger partial charge on any atom is -0.382 e. The van der Waals surface area contributed by atoms with Crippen LogP contribution in [0.1, 0.15) is 35.0 Å². The Kier molecular flexibility index (Phi) is 4.98. The molecule has 0 spiro atoms. The first-order valence-electron chi connectivity index (χ1n) is 9.17. The summed E-state index contributed by atoms with van der Waals surface area (Å²) >= 11 is 0. The van der Waals surface area contributed by atoms with Gasteiger partial charge in [0.1, 0.15) is 6.10 Å². The largest absolute Gasteiger partial charge is 0.382 e. The van der Waals surface area contributed by atoms with Crippen molar-refractivity contribution in [1.82, 2.24) is 19.7 Å². The van der Waals surface area contributed by atoms with Crippen LogP contribution < -0.4 is 0 Å². The van der Waals surface area contributed by atoms with Gasteiger partial charge in [0, 0.05) is 25.4 Å². The molecule has 6 nitrogen and oxygen atoms in total. The zero-order chi connectivity index (χ0) is 18.6. The fraction of sp³-hybridized carbons (Fsp3) is 0.286. The Morgan fingerprint density at radius 1 is 1.15 bits per heavy atom. The van der Waals surface area contributed by atoms with Crippen LogP contribution in [0.15, 0.2) is 60.9 Å². The van der Waals surface area contributed by atoms with Crippen LogP contribution in [0.2, 0.25) is 0 Å². The van der Waals surface area contributed by atoms with Gasteiger partial charge in [0.15, 0.2) is 0 Å². The first kappa shape index (κ1) is 17.4. The second-order valence-corrected chi connectivity index (χ2v) is 6.77. The molecule has 0 saturated carbocycles. The Labute approximate surface area is 158 Å². The Morgan fingerprint density at radius 2 is 2.00 bits per heavy atom. The number of hydrogen-bond donors (Lipinski definition) is 1. The van der Waals surface area contributed by atoms with Crippen molar-refractivity contribution in [2.45, 2.75) is 32.0 Å². The van der Waals surface area contributed by atoms with Gasteiger partial charge in [0.25, 0.3) is 0 Å². The minimum atomic E-state index is -0.751. The number of aliphatic hydroxyl groups is 1. The Morgan fingerprint density at radius 3 is 2.78 bits per heavy atom. The van der Waals surface area contributed by atoms with E-state index in [1.807, 2.05) is 58.1 Å². The fourth-order valence-electron chi connectivity index (χ4n) is 3.40. The number of pyridine rings is 1. The summed E-state index contributed by atoms with van der Waals surface area (Å²) in [6.07, 6.45) is 3.95. The van der Waals surface area contributed by atoms with Crippen molar-refractivity contribution in [3.63, 3.8) is 0 Å². The smallest absolute Gasteiger partial charge is 0.223 e. The van der Waals surface area contributed by atoms with Crippen LogP contribution in [0.4, 0.5) is 0 Å². The lowest BCUT2D eigenvalue weighted by atomic mass is 10.1. The van der Waals surface area contributed by atoms with E-state index in [0.29, 0.717) is 38.2 Å². The SMILES string of the molecule is O=C(CCc1cccnc1)N1CCn2nc(C(O)c3ccccc3)cc2C1. The Bertz CT molecular complexity index is 908. The van der Waals surface area contributed by atoms with Crippen LogP contribution in [0.25, 0.3) is 0 Å². The van der Waals surface area contributed by atoms with E-state index in [1.165, 1.54) is 0 Å². The lowest BCUT2D eigenvalue weighted by molar-refractivity contribution is -0.132. The predicted molar refractivity (Wildman–Crippen MR) is 101 cm³/mol. The van der Waals surface area contributed by atoms with Gasteiger partial charge in [0.05, 0.1) is 24.5 Å². The Hall–Kier alpha value is -2.99. The maximum atomic E-state index is 12.6. The fourth-order valence-corrected chi connectivity index (χ4v) is 3.40. The highest BCUT2D eigenvalue weighted by atomic mass is 16.3. The van der Waals surface area contributed by atoms with E-state index in [9.17, 15) is 9.90 Å². The average Bonchev–Trinajstić information content (AvgIpc) is 3.16. The molecule has 6 heteroatoms. The third-order valence-electron chi connectivity index (χ3n) is 4.92. The first-order valence-corrected chi connectivity index (χ1v) is 9.17. The average molecular weight is 362 g/mol.